The van der Waals surface area contributed by atoms with Crippen LogP contribution in [0.3, 0.4) is 0 Å². The number of carbonyl (C=O) groups excluding carboxylic acids is 1. The highest BCUT2D eigenvalue weighted by Gasteiger charge is 2.05. The number of aromatic nitrogens is 1. The molecule has 0 unspecified atom stereocenters. The van der Waals surface area contributed by atoms with Gasteiger partial charge in [0.25, 0.3) is 0 Å². The van der Waals surface area contributed by atoms with Crippen LogP contribution in [0, 0.1) is 12.3 Å². The molecular formula is C12H14N2O2. The van der Waals surface area contributed by atoms with Crippen LogP contribution in [0.5, 0.6) is 0 Å². The summed E-state index contributed by atoms with van der Waals surface area (Å²) in [5, 5.41) is 3.04. The number of hydrogen-bond donors (Lipinski definition) is 1. The molecule has 0 aromatic carbocycles. The van der Waals surface area contributed by atoms with Crippen LogP contribution in [0.1, 0.15) is 23.7 Å². The molecule has 0 spiro atoms. The quantitative estimate of drug-likeness (QED) is 0.464. The Morgan fingerprint density at radius 2 is 2.44 bits per heavy atom. The van der Waals surface area contributed by atoms with Crippen LogP contribution in [-0.2, 0) is 4.74 Å². The zero-order valence-corrected chi connectivity index (χ0v) is 9.19. The van der Waals surface area contributed by atoms with Crippen molar-refractivity contribution in [2.75, 3.05) is 18.5 Å². The van der Waals surface area contributed by atoms with E-state index in [1.54, 1.807) is 19.1 Å². The highest BCUT2D eigenvalue weighted by molar-refractivity contribution is 5.89. The van der Waals surface area contributed by atoms with Gasteiger partial charge in [0.05, 0.1) is 12.2 Å². The summed E-state index contributed by atoms with van der Waals surface area (Å²) >= 11 is 0. The molecule has 1 aromatic heterocycles. The first-order valence-corrected chi connectivity index (χ1v) is 5.08. The van der Waals surface area contributed by atoms with E-state index in [4.69, 9.17) is 11.2 Å². The lowest BCUT2D eigenvalue weighted by atomic mass is 10.3. The van der Waals surface area contributed by atoms with Crippen molar-refractivity contribution < 1.29 is 9.53 Å². The number of nitrogens with zero attached hydrogens (tertiary/aromatic N) is 1. The maximum atomic E-state index is 11.3. The molecule has 0 amide bonds. The van der Waals surface area contributed by atoms with Crippen LogP contribution in [-0.4, -0.2) is 24.1 Å². The van der Waals surface area contributed by atoms with Gasteiger partial charge in [-0.15, -0.1) is 12.3 Å². The molecule has 0 saturated heterocycles. The van der Waals surface area contributed by atoms with Gasteiger partial charge in [-0.3, -0.25) is 0 Å². The van der Waals surface area contributed by atoms with Gasteiger partial charge < -0.3 is 10.1 Å². The van der Waals surface area contributed by atoms with Gasteiger partial charge in [-0.2, -0.15) is 0 Å². The third-order valence-corrected chi connectivity index (χ3v) is 1.85. The lowest BCUT2D eigenvalue weighted by Crippen LogP contribution is -2.07. The number of nitrogens with one attached hydrogen (secondary N) is 1. The summed E-state index contributed by atoms with van der Waals surface area (Å²) in [6, 6.07) is 3.39. The average Bonchev–Trinajstić information content (AvgIpc) is 2.30. The fourth-order valence-corrected chi connectivity index (χ4v) is 1.10. The molecule has 1 aromatic rings. The Kier molecular flexibility index (Phi) is 4.87. The first-order valence-electron chi connectivity index (χ1n) is 5.08. The summed E-state index contributed by atoms with van der Waals surface area (Å²) in [6.07, 6.45) is 7.24. The van der Waals surface area contributed by atoms with Crippen LogP contribution < -0.4 is 5.32 Å². The Labute approximate surface area is 95.0 Å². The van der Waals surface area contributed by atoms with Gasteiger partial charge in [-0.1, -0.05) is 0 Å². The molecule has 1 N–H and O–H groups in total. The van der Waals surface area contributed by atoms with Gasteiger partial charge >= 0.3 is 5.97 Å². The van der Waals surface area contributed by atoms with Crippen molar-refractivity contribution >= 4 is 11.8 Å². The molecule has 0 fully saturated rings. The molecule has 0 aliphatic carbocycles. The predicted octanol–water partition coefficient (Wildman–Crippen LogP) is 1.69. The summed E-state index contributed by atoms with van der Waals surface area (Å²) in [7, 11) is 0. The first-order chi connectivity index (χ1) is 7.77. The van der Waals surface area contributed by atoms with Gasteiger partial charge in [0, 0.05) is 19.2 Å². The number of ether oxygens (including phenoxy) is 1. The summed E-state index contributed by atoms with van der Waals surface area (Å²) < 4.78 is 4.84. The Balaban J connectivity index is 2.54. The number of anilines is 1. The van der Waals surface area contributed by atoms with E-state index in [0.717, 1.165) is 0 Å². The monoisotopic (exact) mass is 218 g/mol. The minimum atomic E-state index is -0.356. The standard InChI is InChI=1S/C12H14N2O2/c1-3-5-8-13-11-7-6-10(9-14-11)12(15)16-4-2/h1,6-7,9H,4-5,8H2,2H3,(H,13,14). The smallest absolute Gasteiger partial charge is 0.339 e. The van der Waals surface area contributed by atoms with E-state index >= 15 is 0 Å². The number of rotatable bonds is 5. The van der Waals surface area contributed by atoms with Gasteiger partial charge in [-0.05, 0) is 19.1 Å². The van der Waals surface area contributed by atoms with Gasteiger partial charge in [0.15, 0.2) is 0 Å². The van der Waals surface area contributed by atoms with E-state index in [9.17, 15) is 4.79 Å². The van der Waals surface area contributed by atoms with Crippen LogP contribution in [0.15, 0.2) is 18.3 Å². The van der Waals surface area contributed by atoms with Crippen molar-refractivity contribution in [2.45, 2.75) is 13.3 Å². The lowest BCUT2D eigenvalue weighted by Gasteiger charge is -2.04. The minimum Gasteiger partial charge on any atom is -0.462 e. The lowest BCUT2D eigenvalue weighted by molar-refractivity contribution is 0.0526. The maximum absolute atomic E-state index is 11.3. The second kappa shape index (κ2) is 6.46. The topological polar surface area (TPSA) is 51.2 Å². The van der Waals surface area contributed by atoms with E-state index in [1.807, 2.05) is 0 Å². The van der Waals surface area contributed by atoms with Crippen molar-refractivity contribution in [2.24, 2.45) is 0 Å². The molecule has 0 atom stereocenters. The molecule has 0 saturated carbocycles. The van der Waals surface area contributed by atoms with Crippen LogP contribution >= 0.6 is 0 Å². The molecule has 1 rings (SSSR count). The number of carbonyl (C=O) groups is 1. The van der Waals surface area contributed by atoms with Crippen molar-refractivity contribution in [3.8, 4) is 12.3 Å². The number of pyridine rings is 1. The number of hydrogen-bond acceptors (Lipinski definition) is 4. The minimum absolute atomic E-state index is 0.356. The normalized spacial score (nSPS) is 9.25. The number of esters is 1. The molecule has 0 aliphatic rings. The van der Waals surface area contributed by atoms with Crippen molar-refractivity contribution in [1.29, 1.82) is 0 Å². The predicted molar refractivity (Wildman–Crippen MR) is 62.1 cm³/mol. The van der Waals surface area contributed by atoms with E-state index in [0.29, 0.717) is 31.0 Å². The SMILES string of the molecule is C#CCCNc1ccc(C(=O)OCC)cn1. The Morgan fingerprint density at radius 3 is 3.00 bits per heavy atom. The van der Waals surface area contributed by atoms with E-state index < -0.39 is 0 Å². The highest BCUT2D eigenvalue weighted by atomic mass is 16.5. The molecular weight excluding hydrogens is 204 g/mol. The zero-order chi connectivity index (χ0) is 11.8. The van der Waals surface area contributed by atoms with Crippen molar-refractivity contribution in [3.05, 3.63) is 23.9 Å². The second-order valence-corrected chi connectivity index (χ2v) is 3.03. The fourth-order valence-electron chi connectivity index (χ4n) is 1.10. The largest absolute Gasteiger partial charge is 0.462 e. The van der Waals surface area contributed by atoms with Crippen LogP contribution in [0.4, 0.5) is 5.82 Å². The molecule has 1 heterocycles. The second-order valence-electron chi connectivity index (χ2n) is 3.03. The van der Waals surface area contributed by atoms with Crippen LogP contribution in [0.2, 0.25) is 0 Å². The number of terminal acetylenes is 1. The molecule has 0 bridgehead atoms. The first kappa shape index (κ1) is 12.1. The summed E-state index contributed by atoms with van der Waals surface area (Å²) in [5.74, 6) is 2.86. The van der Waals surface area contributed by atoms with E-state index in [2.05, 4.69) is 16.2 Å². The Bertz CT molecular complexity index is 379. The van der Waals surface area contributed by atoms with Crippen LogP contribution in [0.25, 0.3) is 0 Å². The summed E-state index contributed by atoms with van der Waals surface area (Å²) in [6.45, 7) is 2.80. The molecule has 0 aliphatic heterocycles. The summed E-state index contributed by atoms with van der Waals surface area (Å²) in [4.78, 5) is 15.4. The Morgan fingerprint density at radius 1 is 1.62 bits per heavy atom. The highest BCUT2D eigenvalue weighted by Crippen LogP contribution is 2.06. The molecule has 4 heteroatoms. The van der Waals surface area contributed by atoms with E-state index in [-0.39, 0.29) is 5.97 Å². The van der Waals surface area contributed by atoms with Crippen molar-refractivity contribution in [3.63, 3.8) is 0 Å². The van der Waals surface area contributed by atoms with Gasteiger partial charge in [0.2, 0.25) is 0 Å². The average molecular weight is 218 g/mol. The third kappa shape index (κ3) is 3.62. The molecule has 0 radical (unpaired) electrons. The summed E-state index contributed by atoms with van der Waals surface area (Å²) in [5.41, 5.74) is 0.448. The maximum Gasteiger partial charge on any atom is 0.339 e. The zero-order valence-electron chi connectivity index (χ0n) is 9.19. The fraction of sp³-hybridized carbons (Fsp3) is 0.333. The van der Waals surface area contributed by atoms with Gasteiger partial charge in [-0.25, -0.2) is 9.78 Å². The molecule has 16 heavy (non-hydrogen) atoms. The van der Waals surface area contributed by atoms with Gasteiger partial charge in [0.1, 0.15) is 5.82 Å². The molecule has 84 valence electrons. The third-order valence-electron chi connectivity index (χ3n) is 1.85. The molecule has 4 nitrogen and oxygen atoms in total. The Hall–Kier alpha value is -2.02. The van der Waals surface area contributed by atoms with Crippen molar-refractivity contribution in [1.82, 2.24) is 4.98 Å². The van der Waals surface area contributed by atoms with E-state index in [1.165, 1.54) is 6.20 Å².